The third-order valence-corrected chi connectivity index (χ3v) is 5.90. The fourth-order valence-corrected chi connectivity index (χ4v) is 4.75. The van der Waals surface area contributed by atoms with Crippen LogP contribution >= 0.6 is 0 Å². The van der Waals surface area contributed by atoms with Gasteiger partial charge in [0.1, 0.15) is 0 Å². The van der Waals surface area contributed by atoms with Gasteiger partial charge in [-0.1, -0.05) is 33.1 Å². The SMILES string of the molecule is CC1(C)CCC(N2CCCNC3(CCCCC3)C2)C1. The summed E-state index contributed by atoms with van der Waals surface area (Å²) in [4.78, 5) is 2.86. The molecule has 2 saturated carbocycles. The quantitative estimate of drug-likeness (QED) is 0.779. The average molecular weight is 264 g/mol. The molecular weight excluding hydrogens is 232 g/mol. The largest absolute Gasteiger partial charge is 0.310 e. The minimum atomic E-state index is 0.474. The molecule has 1 N–H and O–H groups in total. The Bertz CT molecular complexity index is 304. The molecule has 3 aliphatic rings. The van der Waals surface area contributed by atoms with Crippen molar-refractivity contribution in [3.63, 3.8) is 0 Å². The Morgan fingerprint density at radius 1 is 1.00 bits per heavy atom. The molecule has 110 valence electrons. The van der Waals surface area contributed by atoms with Gasteiger partial charge < -0.3 is 5.32 Å². The highest BCUT2D eigenvalue weighted by atomic mass is 15.2. The Labute approximate surface area is 119 Å². The van der Waals surface area contributed by atoms with Gasteiger partial charge in [-0.2, -0.15) is 0 Å². The normalized spacial score (nSPS) is 35.4. The molecule has 2 nitrogen and oxygen atoms in total. The van der Waals surface area contributed by atoms with Crippen molar-refractivity contribution in [2.45, 2.75) is 83.2 Å². The van der Waals surface area contributed by atoms with Crippen LogP contribution in [0.2, 0.25) is 0 Å². The van der Waals surface area contributed by atoms with Crippen LogP contribution in [0.1, 0.15) is 71.6 Å². The zero-order chi connectivity index (χ0) is 13.3. The third kappa shape index (κ3) is 3.16. The second kappa shape index (κ2) is 5.37. The first-order valence-corrected chi connectivity index (χ1v) is 8.58. The summed E-state index contributed by atoms with van der Waals surface area (Å²) in [5.74, 6) is 0. The van der Waals surface area contributed by atoms with Crippen LogP contribution in [0.15, 0.2) is 0 Å². The van der Waals surface area contributed by atoms with Crippen molar-refractivity contribution in [2.24, 2.45) is 5.41 Å². The second-order valence-corrected chi connectivity index (χ2v) is 8.15. The Morgan fingerprint density at radius 2 is 1.79 bits per heavy atom. The molecule has 1 unspecified atom stereocenters. The molecule has 2 aliphatic carbocycles. The fourth-order valence-electron chi connectivity index (χ4n) is 4.75. The van der Waals surface area contributed by atoms with Crippen LogP contribution in [0.3, 0.4) is 0 Å². The van der Waals surface area contributed by atoms with Crippen molar-refractivity contribution in [2.75, 3.05) is 19.6 Å². The number of nitrogens with zero attached hydrogens (tertiary/aromatic N) is 1. The molecule has 1 spiro atoms. The van der Waals surface area contributed by atoms with Gasteiger partial charge in [0.2, 0.25) is 0 Å². The molecule has 1 heterocycles. The van der Waals surface area contributed by atoms with E-state index in [1.165, 1.54) is 77.4 Å². The zero-order valence-corrected chi connectivity index (χ0v) is 13.0. The van der Waals surface area contributed by atoms with E-state index in [9.17, 15) is 0 Å². The maximum absolute atomic E-state index is 3.93. The molecule has 1 aliphatic heterocycles. The van der Waals surface area contributed by atoms with E-state index in [1.54, 1.807) is 0 Å². The Hall–Kier alpha value is -0.0800. The highest BCUT2D eigenvalue weighted by Crippen LogP contribution is 2.41. The minimum Gasteiger partial charge on any atom is -0.310 e. The lowest BCUT2D eigenvalue weighted by Gasteiger charge is -2.42. The Balaban J connectivity index is 1.67. The van der Waals surface area contributed by atoms with Crippen molar-refractivity contribution in [3.05, 3.63) is 0 Å². The van der Waals surface area contributed by atoms with Crippen molar-refractivity contribution in [3.8, 4) is 0 Å². The predicted octanol–water partition coefficient (Wildman–Crippen LogP) is 3.56. The van der Waals surface area contributed by atoms with Gasteiger partial charge in [0.25, 0.3) is 0 Å². The molecule has 0 bridgehead atoms. The monoisotopic (exact) mass is 264 g/mol. The summed E-state index contributed by atoms with van der Waals surface area (Å²) in [5, 5.41) is 3.93. The predicted molar refractivity (Wildman–Crippen MR) is 81.4 cm³/mol. The smallest absolute Gasteiger partial charge is 0.0308 e. The van der Waals surface area contributed by atoms with Crippen LogP contribution in [0.25, 0.3) is 0 Å². The maximum atomic E-state index is 3.93. The lowest BCUT2D eigenvalue weighted by Crippen LogP contribution is -2.54. The van der Waals surface area contributed by atoms with Gasteiger partial charge in [0.15, 0.2) is 0 Å². The van der Waals surface area contributed by atoms with Crippen molar-refractivity contribution >= 4 is 0 Å². The van der Waals surface area contributed by atoms with E-state index in [0.717, 1.165) is 6.04 Å². The van der Waals surface area contributed by atoms with Gasteiger partial charge in [-0.3, -0.25) is 4.90 Å². The van der Waals surface area contributed by atoms with Crippen LogP contribution in [-0.2, 0) is 0 Å². The number of hydrogen-bond donors (Lipinski definition) is 1. The van der Waals surface area contributed by atoms with E-state index in [2.05, 4.69) is 24.1 Å². The molecule has 0 aromatic heterocycles. The van der Waals surface area contributed by atoms with Gasteiger partial charge in [-0.05, 0) is 57.0 Å². The molecule has 3 fully saturated rings. The number of rotatable bonds is 1. The van der Waals surface area contributed by atoms with E-state index in [4.69, 9.17) is 0 Å². The molecule has 2 heteroatoms. The van der Waals surface area contributed by atoms with Crippen molar-refractivity contribution < 1.29 is 0 Å². The molecule has 0 amide bonds. The first kappa shape index (κ1) is 13.9. The van der Waals surface area contributed by atoms with E-state index in [-0.39, 0.29) is 0 Å². The molecule has 1 saturated heterocycles. The highest BCUT2D eigenvalue weighted by molar-refractivity contribution is 4.98. The van der Waals surface area contributed by atoms with Gasteiger partial charge in [-0.25, -0.2) is 0 Å². The van der Waals surface area contributed by atoms with Crippen LogP contribution in [0, 0.1) is 5.41 Å². The number of hydrogen-bond acceptors (Lipinski definition) is 2. The summed E-state index contributed by atoms with van der Waals surface area (Å²) in [5.41, 5.74) is 1.06. The van der Waals surface area contributed by atoms with E-state index >= 15 is 0 Å². The molecule has 0 aromatic rings. The third-order valence-electron chi connectivity index (χ3n) is 5.90. The van der Waals surface area contributed by atoms with Gasteiger partial charge in [0, 0.05) is 18.1 Å². The lowest BCUT2D eigenvalue weighted by atomic mass is 9.81. The summed E-state index contributed by atoms with van der Waals surface area (Å²) in [6.07, 6.45) is 12.8. The fraction of sp³-hybridized carbons (Fsp3) is 1.00. The summed E-state index contributed by atoms with van der Waals surface area (Å²) in [7, 11) is 0. The lowest BCUT2D eigenvalue weighted by molar-refractivity contribution is 0.124. The van der Waals surface area contributed by atoms with Gasteiger partial charge in [-0.15, -0.1) is 0 Å². The minimum absolute atomic E-state index is 0.474. The number of nitrogens with one attached hydrogen (secondary N) is 1. The Morgan fingerprint density at radius 3 is 2.47 bits per heavy atom. The van der Waals surface area contributed by atoms with Crippen molar-refractivity contribution in [1.82, 2.24) is 10.2 Å². The van der Waals surface area contributed by atoms with Crippen LogP contribution in [0.4, 0.5) is 0 Å². The van der Waals surface area contributed by atoms with Crippen LogP contribution < -0.4 is 5.32 Å². The summed E-state index contributed by atoms with van der Waals surface area (Å²) < 4.78 is 0. The zero-order valence-electron chi connectivity index (χ0n) is 13.0. The van der Waals surface area contributed by atoms with Gasteiger partial charge in [0.05, 0.1) is 0 Å². The Kier molecular flexibility index (Phi) is 3.92. The average Bonchev–Trinajstić information content (AvgIpc) is 2.63. The topological polar surface area (TPSA) is 15.3 Å². The summed E-state index contributed by atoms with van der Waals surface area (Å²) in [6, 6.07) is 0.869. The highest BCUT2D eigenvalue weighted by Gasteiger charge is 2.40. The second-order valence-electron chi connectivity index (χ2n) is 8.15. The molecule has 0 aromatic carbocycles. The molecule has 1 atom stereocenters. The molecule has 3 rings (SSSR count). The first-order valence-electron chi connectivity index (χ1n) is 8.58. The molecule has 0 radical (unpaired) electrons. The van der Waals surface area contributed by atoms with Crippen LogP contribution in [-0.4, -0.2) is 36.1 Å². The van der Waals surface area contributed by atoms with E-state index < -0.39 is 0 Å². The summed E-state index contributed by atoms with van der Waals surface area (Å²) >= 11 is 0. The summed E-state index contributed by atoms with van der Waals surface area (Å²) in [6.45, 7) is 8.81. The molecule has 19 heavy (non-hydrogen) atoms. The van der Waals surface area contributed by atoms with E-state index in [1.807, 2.05) is 0 Å². The van der Waals surface area contributed by atoms with Gasteiger partial charge >= 0.3 is 0 Å². The first-order chi connectivity index (χ1) is 9.09. The standard InChI is InChI=1S/C17H32N2/c1-16(2)10-7-15(13-16)19-12-6-11-18-17(14-19)8-4-3-5-9-17/h15,18H,3-14H2,1-2H3. The van der Waals surface area contributed by atoms with Crippen molar-refractivity contribution in [1.29, 1.82) is 0 Å². The van der Waals surface area contributed by atoms with E-state index in [0.29, 0.717) is 11.0 Å². The maximum Gasteiger partial charge on any atom is 0.0308 e. The van der Waals surface area contributed by atoms with Crippen LogP contribution in [0.5, 0.6) is 0 Å². The molecular formula is C17H32N2.